The van der Waals surface area contributed by atoms with Gasteiger partial charge in [-0.1, -0.05) is 0 Å². The van der Waals surface area contributed by atoms with E-state index in [1.54, 1.807) is 41.9 Å². The van der Waals surface area contributed by atoms with Gasteiger partial charge in [-0.3, -0.25) is 0 Å². The summed E-state index contributed by atoms with van der Waals surface area (Å²) in [6.07, 6.45) is 1.57. The van der Waals surface area contributed by atoms with E-state index >= 15 is 0 Å². The first-order chi connectivity index (χ1) is 13.1. The van der Waals surface area contributed by atoms with E-state index in [0.29, 0.717) is 43.4 Å². The molecule has 0 radical (unpaired) electrons. The lowest BCUT2D eigenvalue weighted by Gasteiger charge is -2.34. The minimum atomic E-state index is -3.51. The maximum Gasteiger partial charge on any atom is 0.243 e. The molecule has 1 saturated heterocycles. The Hall–Kier alpha value is -2.23. The molecule has 9 heteroatoms. The number of thiophene rings is 1. The zero-order valence-corrected chi connectivity index (χ0v) is 16.5. The second-order valence-electron chi connectivity index (χ2n) is 6.13. The van der Waals surface area contributed by atoms with Gasteiger partial charge in [-0.15, -0.1) is 11.3 Å². The summed E-state index contributed by atoms with van der Waals surface area (Å²) in [5, 5.41) is 3.01. The van der Waals surface area contributed by atoms with Crippen LogP contribution in [0.25, 0.3) is 10.2 Å². The van der Waals surface area contributed by atoms with Crippen molar-refractivity contribution in [3.8, 4) is 5.75 Å². The number of sulfonamides is 1. The van der Waals surface area contributed by atoms with Crippen LogP contribution in [0, 0.1) is 0 Å². The zero-order valence-electron chi connectivity index (χ0n) is 14.9. The van der Waals surface area contributed by atoms with E-state index in [-0.39, 0.29) is 0 Å². The average molecular weight is 405 g/mol. The van der Waals surface area contributed by atoms with Crippen LogP contribution in [0.1, 0.15) is 6.92 Å². The molecule has 0 bridgehead atoms. The SMILES string of the molecule is CCOc1ccc(S(=O)(=O)N2CCN(c3ncnc4sccc34)CC2)cc1. The smallest absolute Gasteiger partial charge is 0.243 e. The van der Waals surface area contributed by atoms with Crippen molar-refractivity contribution in [2.45, 2.75) is 11.8 Å². The Morgan fingerprint density at radius 2 is 1.81 bits per heavy atom. The molecule has 1 aliphatic heterocycles. The van der Waals surface area contributed by atoms with E-state index in [1.165, 1.54) is 4.31 Å². The second kappa shape index (κ2) is 7.41. The van der Waals surface area contributed by atoms with E-state index in [1.807, 2.05) is 18.4 Å². The number of ether oxygens (including phenoxy) is 1. The summed E-state index contributed by atoms with van der Waals surface area (Å²) in [6, 6.07) is 8.61. The molecule has 0 amide bonds. The van der Waals surface area contributed by atoms with Crippen molar-refractivity contribution in [3.05, 3.63) is 42.0 Å². The molecule has 0 aliphatic carbocycles. The molecule has 27 heavy (non-hydrogen) atoms. The van der Waals surface area contributed by atoms with Crippen molar-refractivity contribution < 1.29 is 13.2 Å². The summed E-state index contributed by atoms with van der Waals surface area (Å²) in [7, 11) is -3.51. The molecule has 142 valence electrons. The van der Waals surface area contributed by atoms with Gasteiger partial charge in [0.1, 0.15) is 22.7 Å². The summed E-state index contributed by atoms with van der Waals surface area (Å²) in [4.78, 5) is 12.1. The normalized spacial score (nSPS) is 16.0. The lowest BCUT2D eigenvalue weighted by atomic mass is 10.3. The monoisotopic (exact) mass is 404 g/mol. The summed E-state index contributed by atoms with van der Waals surface area (Å²) < 4.78 is 32.7. The molecular formula is C18H20N4O3S2. The fourth-order valence-corrected chi connectivity index (χ4v) is 5.34. The number of anilines is 1. The Balaban J connectivity index is 1.49. The maximum atomic E-state index is 12.9. The third kappa shape index (κ3) is 3.50. The van der Waals surface area contributed by atoms with Crippen LogP contribution in [-0.4, -0.2) is 55.5 Å². The zero-order chi connectivity index (χ0) is 18.9. The number of hydrogen-bond acceptors (Lipinski definition) is 7. The Kier molecular flexibility index (Phi) is 4.98. The molecule has 0 saturated carbocycles. The van der Waals surface area contributed by atoms with Crippen molar-refractivity contribution in [1.82, 2.24) is 14.3 Å². The molecule has 0 N–H and O–H groups in total. The van der Waals surface area contributed by atoms with Crippen LogP contribution in [0.4, 0.5) is 5.82 Å². The Morgan fingerprint density at radius 1 is 1.07 bits per heavy atom. The van der Waals surface area contributed by atoms with Crippen LogP contribution in [0.3, 0.4) is 0 Å². The van der Waals surface area contributed by atoms with Crippen molar-refractivity contribution >= 4 is 37.4 Å². The highest BCUT2D eigenvalue weighted by Crippen LogP contribution is 2.28. The first-order valence-electron chi connectivity index (χ1n) is 8.76. The van der Waals surface area contributed by atoms with E-state index in [9.17, 15) is 8.42 Å². The first-order valence-corrected chi connectivity index (χ1v) is 11.1. The third-order valence-corrected chi connectivity index (χ3v) is 7.29. The lowest BCUT2D eigenvalue weighted by Crippen LogP contribution is -2.49. The predicted molar refractivity (Wildman–Crippen MR) is 106 cm³/mol. The fraction of sp³-hybridized carbons (Fsp3) is 0.333. The van der Waals surface area contributed by atoms with Crippen LogP contribution in [0.2, 0.25) is 0 Å². The summed E-state index contributed by atoms with van der Waals surface area (Å²) in [6.45, 7) is 4.48. The number of benzene rings is 1. The molecule has 1 aliphatic rings. The summed E-state index contributed by atoms with van der Waals surface area (Å²) in [5.41, 5.74) is 0. The molecule has 3 aromatic rings. The molecular weight excluding hydrogens is 384 g/mol. The number of nitrogens with zero attached hydrogens (tertiary/aromatic N) is 4. The van der Waals surface area contributed by atoms with Gasteiger partial charge in [-0.2, -0.15) is 4.31 Å². The molecule has 4 rings (SSSR count). The number of fused-ring (bicyclic) bond motifs is 1. The first kappa shape index (κ1) is 18.1. The maximum absolute atomic E-state index is 12.9. The third-order valence-electron chi connectivity index (χ3n) is 4.55. The fourth-order valence-electron chi connectivity index (χ4n) is 3.19. The van der Waals surface area contributed by atoms with E-state index in [4.69, 9.17) is 4.74 Å². The van der Waals surface area contributed by atoms with Crippen molar-refractivity contribution in [3.63, 3.8) is 0 Å². The topological polar surface area (TPSA) is 75.6 Å². The molecule has 2 aromatic heterocycles. The van der Waals surface area contributed by atoms with Gasteiger partial charge in [0.2, 0.25) is 10.0 Å². The Bertz CT molecular complexity index is 1030. The van der Waals surface area contributed by atoms with Gasteiger partial charge in [-0.25, -0.2) is 18.4 Å². The molecule has 0 spiro atoms. The molecule has 7 nitrogen and oxygen atoms in total. The van der Waals surface area contributed by atoms with Gasteiger partial charge in [0.05, 0.1) is 16.9 Å². The largest absolute Gasteiger partial charge is 0.494 e. The van der Waals surface area contributed by atoms with Crippen LogP contribution in [0.15, 0.2) is 46.9 Å². The van der Waals surface area contributed by atoms with Crippen LogP contribution < -0.4 is 9.64 Å². The minimum Gasteiger partial charge on any atom is -0.494 e. The summed E-state index contributed by atoms with van der Waals surface area (Å²) in [5.74, 6) is 1.55. The Labute approximate surface area is 162 Å². The quantitative estimate of drug-likeness (QED) is 0.651. The van der Waals surface area contributed by atoms with Gasteiger partial charge < -0.3 is 9.64 Å². The highest BCUT2D eigenvalue weighted by Gasteiger charge is 2.29. The average Bonchev–Trinajstić information content (AvgIpc) is 3.18. The lowest BCUT2D eigenvalue weighted by molar-refractivity contribution is 0.340. The van der Waals surface area contributed by atoms with Crippen LogP contribution in [-0.2, 0) is 10.0 Å². The van der Waals surface area contributed by atoms with Gasteiger partial charge in [0.25, 0.3) is 0 Å². The second-order valence-corrected chi connectivity index (χ2v) is 8.96. The van der Waals surface area contributed by atoms with Crippen molar-refractivity contribution in [2.24, 2.45) is 0 Å². The standard InChI is InChI=1S/C18H20N4O3S2/c1-2-25-14-3-5-15(6-4-14)27(23,24)22-10-8-21(9-11-22)17-16-7-12-26-18(16)20-13-19-17/h3-7,12-13H,2,8-11H2,1H3. The van der Waals surface area contributed by atoms with E-state index in [0.717, 1.165) is 16.0 Å². The highest BCUT2D eigenvalue weighted by atomic mass is 32.2. The summed E-state index contributed by atoms with van der Waals surface area (Å²) >= 11 is 1.58. The number of hydrogen-bond donors (Lipinski definition) is 0. The van der Waals surface area contributed by atoms with Crippen LogP contribution >= 0.6 is 11.3 Å². The van der Waals surface area contributed by atoms with E-state index < -0.39 is 10.0 Å². The van der Waals surface area contributed by atoms with Gasteiger partial charge >= 0.3 is 0 Å². The number of piperazine rings is 1. The number of rotatable bonds is 5. The number of aromatic nitrogens is 2. The highest BCUT2D eigenvalue weighted by molar-refractivity contribution is 7.89. The molecule has 0 unspecified atom stereocenters. The molecule has 1 fully saturated rings. The van der Waals surface area contributed by atoms with Crippen LogP contribution in [0.5, 0.6) is 5.75 Å². The molecule has 3 heterocycles. The Morgan fingerprint density at radius 3 is 2.52 bits per heavy atom. The minimum absolute atomic E-state index is 0.293. The molecule has 1 aromatic carbocycles. The van der Waals surface area contributed by atoms with E-state index in [2.05, 4.69) is 14.9 Å². The van der Waals surface area contributed by atoms with Gasteiger partial charge in [0.15, 0.2) is 0 Å². The molecule has 0 atom stereocenters. The van der Waals surface area contributed by atoms with Gasteiger partial charge in [0, 0.05) is 26.2 Å². The van der Waals surface area contributed by atoms with Crippen molar-refractivity contribution in [2.75, 3.05) is 37.7 Å². The van der Waals surface area contributed by atoms with Gasteiger partial charge in [-0.05, 0) is 42.6 Å². The van der Waals surface area contributed by atoms with Crippen molar-refractivity contribution in [1.29, 1.82) is 0 Å². The predicted octanol–water partition coefficient (Wildman–Crippen LogP) is 2.60.